The normalized spacial score (nSPS) is 17.1. The number of carbonyl (C=O) groups excluding carboxylic acids is 1. The van der Waals surface area contributed by atoms with Crippen molar-refractivity contribution in [2.75, 3.05) is 19.3 Å². The summed E-state index contributed by atoms with van der Waals surface area (Å²) in [6.07, 6.45) is 2.74. The SMILES string of the molecule is CS(=O)(=O)NSC1CCN(C(=O)c2ccccc2)CC1. The Morgan fingerprint density at radius 3 is 2.40 bits per heavy atom. The third-order valence-electron chi connectivity index (χ3n) is 3.12. The van der Waals surface area contributed by atoms with E-state index in [0.29, 0.717) is 18.7 Å². The molecule has 2 rings (SSSR count). The number of carbonyl (C=O) groups is 1. The van der Waals surface area contributed by atoms with Gasteiger partial charge in [0.2, 0.25) is 10.0 Å². The summed E-state index contributed by atoms with van der Waals surface area (Å²) in [5.41, 5.74) is 0.702. The molecule has 0 saturated carbocycles. The summed E-state index contributed by atoms with van der Waals surface area (Å²) in [6, 6.07) is 9.22. The molecule has 5 nitrogen and oxygen atoms in total. The second kappa shape index (κ2) is 6.60. The molecule has 1 amide bonds. The van der Waals surface area contributed by atoms with Crippen molar-refractivity contribution in [2.45, 2.75) is 18.1 Å². The van der Waals surface area contributed by atoms with Gasteiger partial charge in [0.25, 0.3) is 5.91 Å². The van der Waals surface area contributed by atoms with Gasteiger partial charge in [0.05, 0.1) is 6.26 Å². The van der Waals surface area contributed by atoms with Crippen LogP contribution in [-0.2, 0) is 10.0 Å². The zero-order chi connectivity index (χ0) is 14.6. The van der Waals surface area contributed by atoms with Crippen LogP contribution in [0.5, 0.6) is 0 Å². The van der Waals surface area contributed by atoms with Gasteiger partial charge in [-0.25, -0.2) is 8.42 Å². The van der Waals surface area contributed by atoms with Gasteiger partial charge in [-0.05, 0) is 25.0 Å². The van der Waals surface area contributed by atoms with Crippen LogP contribution in [0.25, 0.3) is 0 Å². The van der Waals surface area contributed by atoms with Crippen molar-refractivity contribution in [3.8, 4) is 0 Å². The standard InChI is InChI=1S/C13H18N2O3S2/c1-20(17,18)14-19-12-7-9-15(10-8-12)13(16)11-5-3-2-4-6-11/h2-6,12,14H,7-10H2,1H3. The summed E-state index contributed by atoms with van der Waals surface area (Å²) < 4.78 is 24.5. The third-order valence-corrected chi connectivity index (χ3v) is 5.52. The van der Waals surface area contributed by atoms with Gasteiger partial charge in [-0.1, -0.05) is 30.1 Å². The minimum Gasteiger partial charge on any atom is -0.339 e. The second-order valence-corrected chi connectivity index (χ2v) is 7.94. The van der Waals surface area contributed by atoms with Crippen molar-refractivity contribution >= 4 is 27.9 Å². The number of rotatable bonds is 4. The lowest BCUT2D eigenvalue weighted by Gasteiger charge is -2.31. The molecule has 0 spiro atoms. The van der Waals surface area contributed by atoms with Crippen molar-refractivity contribution < 1.29 is 13.2 Å². The molecule has 1 aromatic rings. The highest BCUT2D eigenvalue weighted by molar-refractivity contribution is 8.09. The molecule has 0 aromatic heterocycles. The average molecular weight is 314 g/mol. The van der Waals surface area contributed by atoms with Gasteiger partial charge in [-0.2, -0.15) is 4.13 Å². The van der Waals surface area contributed by atoms with Crippen LogP contribution in [0.15, 0.2) is 30.3 Å². The van der Waals surface area contributed by atoms with E-state index in [1.54, 1.807) is 0 Å². The van der Waals surface area contributed by atoms with Crippen molar-refractivity contribution in [3.63, 3.8) is 0 Å². The van der Waals surface area contributed by atoms with Crippen LogP contribution in [0.3, 0.4) is 0 Å². The van der Waals surface area contributed by atoms with Gasteiger partial charge in [0.1, 0.15) is 0 Å². The van der Waals surface area contributed by atoms with Crippen LogP contribution in [-0.4, -0.2) is 43.8 Å². The molecular formula is C13H18N2O3S2. The molecule has 1 N–H and O–H groups in total. The highest BCUT2D eigenvalue weighted by Crippen LogP contribution is 2.22. The van der Waals surface area contributed by atoms with Gasteiger partial charge < -0.3 is 4.90 Å². The molecule has 1 aliphatic heterocycles. The Morgan fingerprint density at radius 1 is 1.25 bits per heavy atom. The zero-order valence-electron chi connectivity index (χ0n) is 11.3. The number of benzene rings is 1. The van der Waals surface area contributed by atoms with E-state index in [1.807, 2.05) is 35.2 Å². The third kappa shape index (κ3) is 4.50. The summed E-state index contributed by atoms with van der Waals surface area (Å²) in [4.78, 5) is 14.1. The van der Waals surface area contributed by atoms with Crippen LogP contribution in [0, 0.1) is 0 Å². The largest absolute Gasteiger partial charge is 0.339 e. The first-order chi connectivity index (χ1) is 9.46. The fraction of sp³-hybridized carbons (Fsp3) is 0.462. The van der Waals surface area contributed by atoms with Gasteiger partial charge in [-0.3, -0.25) is 4.79 Å². The van der Waals surface area contributed by atoms with Crippen LogP contribution in [0.2, 0.25) is 0 Å². The molecule has 0 aliphatic carbocycles. The number of nitrogens with zero attached hydrogens (tertiary/aromatic N) is 1. The lowest BCUT2D eigenvalue weighted by atomic mass is 10.1. The number of amides is 1. The molecule has 0 bridgehead atoms. The maximum absolute atomic E-state index is 12.2. The number of nitrogens with one attached hydrogen (secondary N) is 1. The van der Waals surface area contributed by atoms with E-state index in [-0.39, 0.29) is 11.2 Å². The number of sulfonamides is 1. The number of hydrogen-bond donors (Lipinski definition) is 1. The van der Waals surface area contributed by atoms with Crippen molar-refractivity contribution in [3.05, 3.63) is 35.9 Å². The Hall–Kier alpha value is -1.05. The topological polar surface area (TPSA) is 66.5 Å². The smallest absolute Gasteiger partial charge is 0.253 e. The Kier molecular flexibility index (Phi) is 5.06. The van der Waals surface area contributed by atoms with Crippen LogP contribution >= 0.6 is 11.9 Å². The average Bonchev–Trinajstić information content (AvgIpc) is 2.45. The molecule has 1 aromatic carbocycles. The van der Waals surface area contributed by atoms with Crippen LogP contribution in [0.1, 0.15) is 23.2 Å². The fourth-order valence-corrected chi connectivity index (χ4v) is 3.79. The van der Waals surface area contributed by atoms with E-state index in [2.05, 4.69) is 4.13 Å². The molecule has 0 atom stereocenters. The minimum atomic E-state index is -3.16. The Bertz CT molecular complexity index is 552. The lowest BCUT2D eigenvalue weighted by Crippen LogP contribution is -2.40. The highest BCUT2D eigenvalue weighted by Gasteiger charge is 2.24. The molecule has 0 radical (unpaired) electrons. The van der Waals surface area contributed by atoms with Gasteiger partial charge in [0.15, 0.2) is 0 Å². The molecule has 7 heteroatoms. The molecule has 20 heavy (non-hydrogen) atoms. The van der Waals surface area contributed by atoms with E-state index >= 15 is 0 Å². The van der Waals surface area contributed by atoms with E-state index in [4.69, 9.17) is 0 Å². The fourth-order valence-electron chi connectivity index (χ4n) is 2.10. The quantitative estimate of drug-likeness (QED) is 0.855. The Balaban J connectivity index is 1.84. The summed E-state index contributed by atoms with van der Waals surface area (Å²) in [7, 11) is -3.16. The maximum atomic E-state index is 12.2. The van der Waals surface area contributed by atoms with Crippen molar-refractivity contribution in [1.82, 2.24) is 9.03 Å². The summed E-state index contributed by atoms with van der Waals surface area (Å²) in [6.45, 7) is 1.33. The maximum Gasteiger partial charge on any atom is 0.253 e. The molecule has 1 fully saturated rings. The first-order valence-electron chi connectivity index (χ1n) is 6.42. The predicted octanol–water partition coefficient (Wildman–Crippen LogP) is 1.49. The molecule has 0 unspecified atom stereocenters. The number of likely N-dealkylation sites (tertiary alicyclic amines) is 1. The Labute approximate surface area is 123 Å². The zero-order valence-corrected chi connectivity index (χ0v) is 12.9. The molecule has 110 valence electrons. The van der Waals surface area contributed by atoms with Crippen molar-refractivity contribution in [2.24, 2.45) is 0 Å². The summed E-state index contributed by atoms with van der Waals surface area (Å²) >= 11 is 1.24. The number of hydrogen-bond acceptors (Lipinski definition) is 4. The summed E-state index contributed by atoms with van der Waals surface area (Å²) in [5, 5.41) is 0.226. The van der Waals surface area contributed by atoms with E-state index in [9.17, 15) is 13.2 Å². The first kappa shape index (κ1) is 15.3. The molecule has 1 aliphatic rings. The van der Waals surface area contributed by atoms with E-state index < -0.39 is 10.0 Å². The van der Waals surface area contributed by atoms with Crippen molar-refractivity contribution in [1.29, 1.82) is 0 Å². The Morgan fingerprint density at radius 2 is 1.85 bits per heavy atom. The first-order valence-corrected chi connectivity index (χ1v) is 9.19. The second-order valence-electron chi connectivity index (χ2n) is 4.83. The van der Waals surface area contributed by atoms with E-state index in [0.717, 1.165) is 19.1 Å². The highest BCUT2D eigenvalue weighted by atomic mass is 32.3. The lowest BCUT2D eigenvalue weighted by molar-refractivity contribution is 0.0727. The van der Waals surface area contributed by atoms with Crippen LogP contribution in [0.4, 0.5) is 0 Å². The van der Waals surface area contributed by atoms with Gasteiger partial charge >= 0.3 is 0 Å². The summed E-state index contributed by atoms with van der Waals surface area (Å²) in [5.74, 6) is 0.0464. The minimum absolute atomic E-state index is 0.0464. The molecule has 1 heterocycles. The van der Waals surface area contributed by atoms with E-state index in [1.165, 1.54) is 11.9 Å². The molecular weight excluding hydrogens is 296 g/mol. The number of piperidine rings is 1. The van der Waals surface area contributed by atoms with Gasteiger partial charge in [-0.15, -0.1) is 0 Å². The predicted molar refractivity (Wildman–Crippen MR) is 80.9 cm³/mol. The molecule has 1 saturated heterocycles. The van der Waals surface area contributed by atoms with Crippen LogP contribution < -0.4 is 4.13 Å². The monoisotopic (exact) mass is 314 g/mol. The van der Waals surface area contributed by atoms with Gasteiger partial charge in [0, 0.05) is 23.9 Å².